The Morgan fingerprint density at radius 3 is 2.44 bits per heavy atom. The molecule has 1 unspecified atom stereocenters. The summed E-state index contributed by atoms with van der Waals surface area (Å²) in [4.78, 5) is 23.3. The molecule has 1 amide bonds. The second-order valence-corrected chi connectivity index (χ2v) is 6.12. The summed E-state index contributed by atoms with van der Waals surface area (Å²) in [6.07, 6.45) is 3.36. The Labute approximate surface area is 152 Å². The molecule has 3 rings (SSSR count). The van der Waals surface area contributed by atoms with Gasteiger partial charge in [0, 0.05) is 12.4 Å². The van der Waals surface area contributed by atoms with Gasteiger partial charge in [-0.15, -0.1) is 0 Å². The number of rotatable bonds is 5. The number of benzene rings is 1. The van der Waals surface area contributed by atoms with Crippen molar-refractivity contribution in [3.63, 3.8) is 0 Å². The summed E-state index contributed by atoms with van der Waals surface area (Å²) in [5.74, 6) is 0.327. The van der Waals surface area contributed by atoms with Crippen molar-refractivity contribution in [1.29, 1.82) is 0 Å². The third-order valence-electron chi connectivity index (χ3n) is 3.99. The molecule has 1 atom stereocenters. The van der Waals surface area contributed by atoms with Crippen molar-refractivity contribution < 1.29 is 4.79 Å². The van der Waals surface area contributed by atoms with Crippen molar-refractivity contribution in [1.82, 2.24) is 9.97 Å². The first kappa shape index (κ1) is 17.1. The van der Waals surface area contributed by atoms with E-state index >= 15 is 0 Å². The summed E-state index contributed by atoms with van der Waals surface area (Å²) in [7, 11) is 0. The van der Waals surface area contributed by atoms with Gasteiger partial charge in [-0.1, -0.05) is 54.1 Å². The maximum absolute atomic E-state index is 13.2. The Morgan fingerprint density at radius 1 is 1.04 bits per heavy atom. The number of halogens is 1. The first-order valence-corrected chi connectivity index (χ1v) is 8.41. The van der Waals surface area contributed by atoms with Crippen molar-refractivity contribution in [2.24, 2.45) is 0 Å². The van der Waals surface area contributed by atoms with Crippen LogP contribution in [0.3, 0.4) is 0 Å². The van der Waals surface area contributed by atoms with E-state index in [1.54, 1.807) is 23.4 Å². The topological polar surface area (TPSA) is 46.1 Å². The van der Waals surface area contributed by atoms with Crippen LogP contribution in [0.2, 0.25) is 5.15 Å². The van der Waals surface area contributed by atoms with E-state index in [0.717, 1.165) is 11.1 Å². The van der Waals surface area contributed by atoms with Crippen LogP contribution in [-0.4, -0.2) is 15.9 Å². The molecule has 0 fully saturated rings. The fraction of sp³-hybridized carbons (Fsp3) is 0.150. The van der Waals surface area contributed by atoms with Gasteiger partial charge in [0.15, 0.2) is 0 Å². The molecule has 1 aromatic carbocycles. The molecule has 2 heterocycles. The van der Waals surface area contributed by atoms with Crippen LogP contribution in [0.15, 0.2) is 73.1 Å². The minimum atomic E-state index is -0.275. The summed E-state index contributed by atoms with van der Waals surface area (Å²) in [6, 6.07) is 18.9. The molecule has 2 aromatic heterocycles. The van der Waals surface area contributed by atoms with Crippen LogP contribution in [0, 0.1) is 0 Å². The number of amides is 1. The largest absolute Gasteiger partial charge is 0.292 e. The molecule has 0 aliphatic carbocycles. The third kappa shape index (κ3) is 4.22. The van der Waals surface area contributed by atoms with Gasteiger partial charge in [0.25, 0.3) is 0 Å². The maximum atomic E-state index is 13.2. The van der Waals surface area contributed by atoms with Crippen molar-refractivity contribution >= 4 is 23.3 Å². The van der Waals surface area contributed by atoms with Crippen LogP contribution in [0.4, 0.5) is 5.82 Å². The predicted molar refractivity (Wildman–Crippen MR) is 99.5 cm³/mol. The van der Waals surface area contributed by atoms with Crippen molar-refractivity contribution in [3.8, 4) is 0 Å². The second kappa shape index (κ2) is 7.90. The number of nitrogens with zero attached hydrogens (tertiary/aromatic N) is 3. The number of anilines is 1. The molecule has 5 heteroatoms. The van der Waals surface area contributed by atoms with E-state index in [1.807, 2.05) is 61.5 Å². The van der Waals surface area contributed by atoms with Gasteiger partial charge in [0.1, 0.15) is 11.0 Å². The monoisotopic (exact) mass is 351 g/mol. The molecule has 0 aliphatic rings. The summed E-state index contributed by atoms with van der Waals surface area (Å²) in [6.45, 7) is 2.30. The Morgan fingerprint density at radius 2 is 1.80 bits per heavy atom. The zero-order valence-corrected chi connectivity index (χ0v) is 14.6. The fourth-order valence-corrected chi connectivity index (χ4v) is 2.70. The summed E-state index contributed by atoms with van der Waals surface area (Å²) in [5, 5.41) is 0.428. The molecule has 0 aliphatic heterocycles. The molecule has 0 saturated carbocycles. The van der Waals surface area contributed by atoms with Crippen LogP contribution in [0.5, 0.6) is 0 Å². The highest BCUT2D eigenvalue weighted by molar-refractivity contribution is 6.29. The van der Waals surface area contributed by atoms with Gasteiger partial charge in [-0.25, -0.2) is 9.97 Å². The van der Waals surface area contributed by atoms with Gasteiger partial charge in [0.2, 0.25) is 5.91 Å². The van der Waals surface area contributed by atoms with Crippen LogP contribution in [0.1, 0.15) is 24.0 Å². The van der Waals surface area contributed by atoms with E-state index < -0.39 is 0 Å². The fourth-order valence-electron chi connectivity index (χ4n) is 2.59. The van der Waals surface area contributed by atoms with E-state index in [1.165, 1.54) is 0 Å². The molecule has 4 nitrogen and oxygen atoms in total. The number of hydrogen-bond donors (Lipinski definition) is 0. The average molecular weight is 352 g/mol. The van der Waals surface area contributed by atoms with Gasteiger partial charge in [-0.3, -0.25) is 9.69 Å². The minimum Gasteiger partial charge on any atom is -0.292 e. The number of hydrogen-bond acceptors (Lipinski definition) is 3. The molecular weight excluding hydrogens is 334 g/mol. The molecule has 0 spiro atoms. The van der Waals surface area contributed by atoms with E-state index in [-0.39, 0.29) is 11.8 Å². The van der Waals surface area contributed by atoms with Gasteiger partial charge in [-0.2, -0.15) is 0 Å². The van der Waals surface area contributed by atoms with Gasteiger partial charge >= 0.3 is 0 Å². The summed E-state index contributed by atoms with van der Waals surface area (Å²) >= 11 is 5.85. The van der Waals surface area contributed by atoms with Gasteiger partial charge in [0.05, 0.1) is 12.5 Å². The SMILES string of the molecule is CC(C(=O)N(Cc1ccc(Cl)nc1)c1ccccn1)c1ccccc1. The first-order valence-electron chi connectivity index (χ1n) is 8.03. The summed E-state index contributed by atoms with van der Waals surface area (Å²) in [5.41, 5.74) is 1.87. The van der Waals surface area contributed by atoms with Gasteiger partial charge < -0.3 is 0 Å². The molecule has 0 radical (unpaired) electrons. The molecule has 0 bridgehead atoms. The van der Waals surface area contributed by atoms with Crippen LogP contribution in [0.25, 0.3) is 0 Å². The Hall–Kier alpha value is -2.72. The van der Waals surface area contributed by atoms with Gasteiger partial charge in [-0.05, 0) is 36.2 Å². The number of aromatic nitrogens is 2. The minimum absolute atomic E-state index is 0.0140. The average Bonchev–Trinajstić information content (AvgIpc) is 2.68. The quantitative estimate of drug-likeness (QED) is 0.637. The number of carbonyl (C=O) groups excluding carboxylic acids is 1. The zero-order valence-electron chi connectivity index (χ0n) is 13.8. The molecule has 0 saturated heterocycles. The Bertz CT molecular complexity index is 823. The summed E-state index contributed by atoms with van der Waals surface area (Å²) < 4.78 is 0. The Kier molecular flexibility index (Phi) is 5.41. The lowest BCUT2D eigenvalue weighted by molar-refractivity contribution is -0.119. The number of pyridine rings is 2. The highest BCUT2D eigenvalue weighted by atomic mass is 35.5. The van der Waals surface area contributed by atoms with Crippen LogP contribution < -0.4 is 4.90 Å². The van der Waals surface area contributed by atoms with E-state index in [9.17, 15) is 4.79 Å². The van der Waals surface area contributed by atoms with Crippen molar-refractivity contribution in [3.05, 3.63) is 89.3 Å². The smallest absolute Gasteiger partial charge is 0.235 e. The lowest BCUT2D eigenvalue weighted by Crippen LogP contribution is -2.34. The maximum Gasteiger partial charge on any atom is 0.235 e. The lowest BCUT2D eigenvalue weighted by Gasteiger charge is -2.25. The standard InChI is InChI=1S/C20H18ClN3O/c1-15(17-7-3-2-4-8-17)20(25)24(19-9-5-6-12-22-19)14-16-10-11-18(21)23-13-16/h2-13,15H,14H2,1H3. The normalized spacial score (nSPS) is 11.8. The van der Waals surface area contributed by atoms with Crippen molar-refractivity contribution in [2.45, 2.75) is 19.4 Å². The highest BCUT2D eigenvalue weighted by Gasteiger charge is 2.24. The molecular formula is C20H18ClN3O. The predicted octanol–water partition coefficient (Wildman–Crippen LogP) is 4.47. The third-order valence-corrected chi connectivity index (χ3v) is 4.21. The highest BCUT2D eigenvalue weighted by Crippen LogP contribution is 2.23. The Balaban J connectivity index is 1.90. The van der Waals surface area contributed by atoms with E-state index in [4.69, 9.17) is 11.6 Å². The van der Waals surface area contributed by atoms with Crippen LogP contribution in [-0.2, 0) is 11.3 Å². The second-order valence-electron chi connectivity index (χ2n) is 5.73. The van der Waals surface area contributed by atoms with E-state index in [0.29, 0.717) is 17.5 Å². The lowest BCUT2D eigenvalue weighted by atomic mass is 9.99. The number of carbonyl (C=O) groups is 1. The molecule has 3 aromatic rings. The van der Waals surface area contributed by atoms with E-state index in [2.05, 4.69) is 9.97 Å². The van der Waals surface area contributed by atoms with Crippen LogP contribution >= 0.6 is 11.6 Å². The molecule has 25 heavy (non-hydrogen) atoms. The zero-order chi connectivity index (χ0) is 17.6. The van der Waals surface area contributed by atoms with Crippen molar-refractivity contribution in [2.75, 3.05) is 4.90 Å². The first-order chi connectivity index (χ1) is 12.1. The molecule has 0 N–H and O–H groups in total. The molecule has 126 valence electrons.